The molecule has 25 heavy (non-hydrogen) atoms. The lowest BCUT2D eigenvalue weighted by atomic mass is 9.69. The van der Waals surface area contributed by atoms with Gasteiger partial charge in [-0.05, 0) is 61.3 Å². The number of rotatable bonds is 4. The molecule has 4 rings (SSSR count). The zero-order valence-electron chi connectivity index (χ0n) is 14.2. The van der Waals surface area contributed by atoms with Crippen LogP contribution in [0.15, 0.2) is 18.2 Å². The lowest BCUT2D eigenvalue weighted by Gasteiger charge is -2.36. The van der Waals surface area contributed by atoms with Crippen LogP contribution in [0, 0.1) is 5.92 Å². The fraction of sp³-hybridized carbons (Fsp3) is 0.526. The highest BCUT2D eigenvalue weighted by molar-refractivity contribution is 6.05. The lowest BCUT2D eigenvalue weighted by molar-refractivity contribution is -0.136. The molecule has 6 nitrogen and oxygen atoms in total. The van der Waals surface area contributed by atoms with Crippen LogP contribution < -0.4 is 11.1 Å². The molecule has 1 aliphatic carbocycles. The van der Waals surface area contributed by atoms with Crippen molar-refractivity contribution in [2.24, 2.45) is 11.7 Å². The van der Waals surface area contributed by atoms with Crippen LogP contribution in [-0.4, -0.2) is 35.2 Å². The van der Waals surface area contributed by atoms with Gasteiger partial charge in [-0.3, -0.25) is 19.7 Å². The first kappa shape index (κ1) is 16.3. The number of imide groups is 1. The molecular formula is C19H23N3O3. The molecule has 0 bridgehead atoms. The number of piperidine rings is 1. The highest BCUT2D eigenvalue weighted by Crippen LogP contribution is 2.46. The number of hydrogen-bond acceptors (Lipinski definition) is 4. The first-order chi connectivity index (χ1) is 12.1. The van der Waals surface area contributed by atoms with E-state index >= 15 is 0 Å². The second-order valence-corrected chi connectivity index (χ2v) is 7.39. The van der Waals surface area contributed by atoms with E-state index in [1.54, 1.807) is 4.90 Å². The van der Waals surface area contributed by atoms with Crippen molar-refractivity contribution in [1.29, 1.82) is 0 Å². The van der Waals surface area contributed by atoms with Crippen LogP contribution in [0.5, 0.6) is 0 Å². The maximum Gasteiger partial charge on any atom is 0.255 e. The molecule has 0 spiro atoms. The lowest BCUT2D eigenvalue weighted by Crippen LogP contribution is -2.52. The molecule has 132 valence electrons. The van der Waals surface area contributed by atoms with Crippen LogP contribution in [0.2, 0.25) is 0 Å². The summed E-state index contributed by atoms with van der Waals surface area (Å²) in [6.45, 7) is 1.20. The van der Waals surface area contributed by atoms with E-state index in [1.165, 1.54) is 5.56 Å². The summed E-state index contributed by atoms with van der Waals surface area (Å²) in [5.41, 5.74) is 8.66. The summed E-state index contributed by atoms with van der Waals surface area (Å²) in [6, 6.07) is 5.36. The molecule has 6 heteroatoms. The van der Waals surface area contributed by atoms with Crippen molar-refractivity contribution in [2.75, 3.05) is 6.54 Å². The van der Waals surface area contributed by atoms with Gasteiger partial charge in [0.2, 0.25) is 11.8 Å². The number of carbonyl (C=O) groups excluding carboxylic acids is 3. The molecule has 1 aromatic rings. The van der Waals surface area contributed by atoms with E-state index < -0.39 is 6.04 Å². The average Bonchev–Trinajstić information content (AvgIpc) is 2.88. The summed E-state index contributed by atoms with van der Waals surface area (Å²) in [4.78, 5) is 38.0. The summed E-state index contributed by atoms with van der Waals surface area (Å²) < 4.78 is 0. The van der Waals surface area contributed by atoms with Gasteiger partial charge in [0.1, 0.15) is 6.04 Å². The van der Waals surface area contributed by atoms with Gasteiger partial charge < -0.3 is 10.6 Å². The molecule has 2 heterocycles. The monoisotopic (exact) mass is 341 g/mol. The van der Waals surface area contributed by atoms with Gasteiger partial charge in [-0.2, -0.15) is 0 Å². The Kier molecular flexibility index (Phi) is 4.07. The highest BCUT2D eigenvalue weighted by Gasteiger charge is 2.41. The third-order valence-corrected chi connectivity index (χ3v) is 5.87. The van der Waals surface area contributed by atoms with Crippen molar-refractivity contribution in [3.63, 3.8) is 0 Å². The highest BCUT2D eigenvalue weighted by atomic mass is 16.2. The normalized spacial score (nSPS) is 28.6. The molecule has 1 aromatic carbocycles. The molecule has 2 fully saturated rings. The number of amides is 3. The second-order valence-electron chi connectivity index (χ2n) is 7.39. The second kappa shape index (κ2) is 6.26. The smallest absolute Gasteiger partial charge is 0.255 e. The largest absolute Gasteiger partial charge is 0.330 e. The van der Waals surface area contributed by atoms with Crippen molar-refractivity contribution in [2.45, 2.75) is 50.6 Å². The first-order valence-electron chi connectivity index (χ1n) is 9.05. The fourth-order valence-corrected chi connectivity index (χ4v) is 4.45. The maximum absolute atomic E-state index is 12.8. The Morgan fingerprint density at radius 1 is 1.20 bits per heavy atom. The Labute approximate surface area is 146 Å². The minimum atomic E-state index is -0.545. The van der Waals surface area contributed by atoms with Crippen LogP contribution in [-0.2, 0) is 16.1 Å². The third-order valence-electron chi connectivity index (χ3n) is 5.87. The van der Waals surface area contributed by atoms with Crippen molar-refractivity contribution in [3.8, 4) is 0 Å². The minimum absolute atomic E-state index is 0.0934. The van der Waals surface area contributed by atoms with E-state index in [0.29, 0.717) is 30.4 Å². The minimum Gasteiger partial charge on any atom is -0.330 e. The predicted molar refractivity (Wildman–Crippen MR) is 91.6 cm³/mol. The molecule has 1 atom stereocenters. The molecular weight excluding hydrogens is 318 g/mol. The first-order valence-corrected chi connectivity index (χ1v) is 9.05. The van der Waals surface area contributed by atoms with Crippen molar-refractivity contribution in [3.05, 3.63) is 34.9 Å². The quantitative estimate of drug-likeness (QED) is 0.807. The van der Waals surface area contributed by atoms with Crippen molar-refractivity contribution < 1.29 is 14.4 Å². The zero-order valence-corrected chi connectivity index (χ0v) is 14.2. The van der Waals surface area contributed by atoms with Crippen molar-refractivity contribution in [1.82, 2.24) is 10.2 Å². The van der Waals surface area contributed by atoms with Crippen LogP contribution in [0.4, 0.5) is 0 Å². The number of fused-ring (bicyclic) bond motifs is 1. The van der Waals surface area contributed by atoms with Gasteiger partial charge in [0.15, 0.2) is 0 Å². The average molecular weight is 341 g/mol. The Bertz CT molecular complexity index is 739. The van der Waals surface area contributed by atoms with Gasteiger partial charge in [0.05, 0.1) is 0 Å². The van der Waals surface area contributed by atoms with Gasteiger partial charge in [-0.15, -0.1) is 0 Å². The van der Waals surface area contributed by atoms with Gasteiger partial charge in [0.25, 0.3) is 5.91 Å². The summed E-state index contributed by atoms with van der Waals surface area (Å²) in [5.74, 6) is 0.469. The Hall–Kier alpha value is -2.21. The van der Waals surface area contributed by atoms with E-state index in [4.69, 9.17) is 5.73 Å². The predicted octanol–water partition coefficient (Wildman–Crippen LogP) is 1.29. The van der Waals surface area contributed by atoms with Gasteiger partial charge in [0, 0.05) is 18.5 Å². The number of nitrogens with zero attached hydrogens (tertiary/aromatic N) is 1. The van der Waals surface area contributed by atoms with Gasteiger partial charge in [-0.25, -0.2) is 0 Å². The van der Waals surface area contributed by atoms with Gasteiger partial charge in [-0.1, -0.05) is 12.1 Å². The number of benzene rings is 1. The van der Waals surface area contributed by atoms with E-state index in [0.717, 1.165) is 31.4 Å². The van der Waals surface area contributed by atoms with Gasteiger partial charge >= 0.3 is 0 Å². The Morgan fingerprint density at radius 2 is 2.00 bits per heavy atom. The third kappa shape index (κ3) is 2.74. The number of nitrogens with two attached hydrogens (primary N) is 1. The molecule has 1 unspecified atom stereocenters. The molecule has 1 saturated heterocycles. The molecule has 3 N–H and O–H groups in total. The summed E-state index contributed by atoms with van der Waals surface area (Å²) in [7, 11) is 0. The van der Waals surface area contributed by atoms with Crippen molar-refractivity contribution >= 4 is 17.7 Å². The number of carbonyl (C=O) groups is 3. The van der Waals surface area contributed by atoms with E-state index in [2.05, 4.69) is 11.4 Å². The molecule has 3 aliphatic rings. The Balaban J connectivity index is 1.54. The number of nitrogens with one attached hydrogen (secondary N) is 1. The summed E-state index contributed by atoms with van der Waals surface area (Å²) in [6.07, 6.45) is 4.00. The Morgan fingerprint density at radius 3 is 2.72 bits per heavy atom. The fourth-order valence-electron chi connectivity index (χ4n) is 4.45. The summed E-state index contributed by atoms with van der Waals surface area (Å²) >= 11 is 0. The molecule has 0 radical (unpaired) electrons. The number of hydrogen-bond donors (Lipinski definition) is 2. The van der Waals surface area contributed by atoms with Crippen LogP contribution in [0.25, 0.3) is 0 Å². The molecule has 3 amide bonds. The zero-order chi connectivity index (χ0) is 17.6. The molecule has 1 saturated carbocycles. The van der Waals surface area contributed by atoms with Crippen LogP contribution >= 0.6 is 0 Å². The topological polar surface area (TPSA) is 92.5 Å². The maximum atomic E-state index is 12.8. The summed E-state index contributed by atoms with van der Waals surface area (Å²) in [5, 5.41) is 2.35. The molecule has 2 aliphatic heterocycles. The standard InChI is InChI=1S/C19H23N3O3/c20-7-6-11-8-12(9-11)13-2-1-3-14-15(13)10-22(19(14)25)16-4-5-17(23)21-18(16)24/h1-3,11-12,16H,4-10,20H2,(H,21,23,24). The van der Waals surface area contributed by atoms with Crippen LogP contribution in [0.1, 0.15) is 59.5 Å². The SMILES string of the molecule is NCCC1CC(c2cccc3c2CN(C2CCC(=O)NC2=O)C3=O)C1. The van der Waals surface area contributed by atoms with E-state index in [9.17, 15) is 14.4 Å². The van der Waals surface area contributed by atoms with E-state index in [-0.39, 0.29) is 24.1 Å². The van der Waals surface area contributed by atoms with E-state index in [1.807, 2.05) is 12.1 Å². The van der Waals surface area contributed by atoms with Crippen LogP contribution in [0.3, 0.4) is 0 Å². The molecule has 0 aromatic heterocycles.